The maximum absolute atomic E-state index is 13.9. The molecule has 2 fully saturated rings. The van der Waals surface area contributed by atoms with Gasteiger partial charge in [-0.3, -0.25) is 14.2 Å². The Morgan fingerprint density at radius 2 is 1.70 bits per heavy atom. The largest absolute Gasteiger partial charge is 0.390 e. The van der Waals surface area contributed by atoms with Crippen LogP contribution in [0.3, 0.4) is 0 Å². The minimum atomic E-state index is -4.06. The van der Waals surface area contributed by atoms with Crippen LogP contribution >= 0.6 is 19.2 Å². The van der Waals surface area contributed by atoms with Gasteiger partial charge >= 0.3 is 13.6 Å². The van der Waals surface area contributed by atoms with E-state index < -0.39 is 49.4 Å². The molecule has 0 spiro atoms. The number of amides is 4. The van der Waals surface area contributed by atoms with Gasteiger partial charge in [0.15, 0.2) is 0 Å². The van der Waals surface area contributed by atoms with Crippen LogP contribution in [-0.4, -0.2) is 69.9 Å². The molecule has 2 aromatic rings. The van der Waals surface area contributed by atoms with Crippen molar-refractivity contribution in [2.45, 2.75) is 95.1 Å². The van der Waals surface area contributed by atoms with E-state index >= 15 is 0 Å². The number of aliphatic hydroxyl groups excluding tert-OH is 1. The van der Waals surface area contributed by atoms with Crippen LogP contribution < -0.4 is 16.0 Å². The lowest BCUT2D eigenvalue weighted by Gasteiger charge is -2.33. The first-order valence-electron chi connectivity index (χ1n) is 16.2. The highest BCUT2D eigenvalue weighted by atomic mass is 35.5. The zero-order valence-electron chi connectivity index (χ0n) is 26.3. The molecular formula is C33H46ClN4O7P. The molecule has 11 nitrogen and oxygen atoms in total. The number of halogens is 1. The molecule has 1 heterocycles. The number of benzene rings is 2. The van der Waals surface area contributed by atoms with Crippen LogP contribution in [0.1, 0.15) is 70.3 Å². The van der Waals surface area contributed by atoms with Crippen LogP contribution in [0.2, 0.25) is 5.02 Å². The van der Waals surface area contributed by atoms with E-state index in [0.717, 1.165) is 37.7 Å². The second-order valence-electron chi connectivity index (χ2n) is 12.2. The van der Waals surface area contributed by atoms with E-state index in [1.807, 2.05) is 30.3 Å². The monoisotopic (exact) mass is 676 g/mol. The number of nitrogens with one attached hydrogen (secondary N) is 3. The second-order valence-corrected chi connectivity index (χ2v) is 14.6. The Morgan fingerprint density at radius 1 is 1.00 bits per heavy atom. The predicted octanol–water partition coefficient (Wildman–Crippen LogP) is 5.45. The third kappa shape index (κ3) is 10.5. The molecule has 4 amide bonds. The number of carbonyl (C=O) groups is 3. The number of nitrogens with zero attached hydrogens (tertiary/aromatic N) is 1. The van der Waals surface area contributed by atoms with Gasteiger partial charge in [-0.25, -0.2) is 4.79 Å². The van der Waals surface area contributed by atoms with Crippen LogP contribution in [0, 0.1) is 5.92 Å². The Hall–Kier alpha value is -2.95. The highest BCUT2D eigenvalue weighted by Crippen LogP contribution is 2.52. The van der Waals surface area contributed by atoms with Crippen molar-refractivity contribution in [3.05, 3.63) is 65.2 Å². The molecule has 0 bridgehead atoms. The number of rotatable bonds is 14. The van der Waals surface area contributed by atoms with Gasteiger partial charge in [0.05, 0.1) is 25.2 Å². The van der Waals surface area contributed by atoms with Gasteiger partial charge in [-0.1, -0.05) is 74.0 Å². The number of aliphatic hydroxyl groups is 1. The van der Waals surface area contributed by atoms with Gasteiger partial charge in [0, 0.05) is 23.7 Å². The van der Waals surface area contributed by atoms with Gasteiger partial charge < -0.3 is 35.4 Å². The molecule has 5 unspecified atom stereocenters. The summed E-state index contributed by atoms with van der Waals surface area (Å²) < 4.78 is 17.9. The van der Waals surface area contributed by atoms with Gasteiger partial charge in [-0.15, -0.1) is 0 Å². The van der Waals surface area contributed by atoms with Crippen molar-refractivity contribution in [3.63, 3.8) is 0 Å². The van der Waals surface area contributed by atoms with Crippen molar-refractivity contribution < 1.29 is 33.5 Å². The zero-order valence-corrected chi connectivity index (χ0v) is 27.9. The fourth-order valence-electron chi connectivity index (χ4n) is 6.38. The van der Waals surface area contributed by atoms with Crippen LogP contribution in [0.15, 0.2) is 54.6 Å². The average Bonchev–Trinajstić information content (AvgIpc) is 3.54. The summed E-state index contributed by atoms with van der Waals surface area (Å²) in [5, 5.41) is 20.4. The van der Waals surface area contributed by atoms with Crippen molar-refractivity contribution in [2.24, 2.45) is 5.92 Å². The lowest BCUT2D eigenvalue weighted by Crippen LogP contribution is -2.55. The number of anilines is 1. The summed E-state index contributed by atoms with van der Waals surface area (Å²) in [5.74, 6) is -1.66. The number of hydrogen-bond acceptors (Lipinski definition) is 6. The van der Waals surface area contributed by atoms with E-state index in [2.05, 4.69) is 16.0 Å². The molecule has 4 rings (SSSR count). The molecule has 5 atom stereocenters. The van der Waals surface area contributed by atoms with Crippen molar-refractivity contribution in [2.75, 3.05) is 18.5 Å². The molecule has 1 saturated carbocycles. The van der Waals surface area contributed by atoms with Gasteiger partial charge in [-0.05, 0) is 61.9 Å². The lowest BCUT2D eigenvalue weighted by atomic mass is 9.83. The van der Waals surface area contributed by atoms with Gasteiger partial charge in [0.2, 0.25) is 11.8 Å². The third-order valence-electron chi connectivity index (χ3n) is 8.73. The second kappa shape index (κ2) is 17.3. The molecule has 0 aromatic heterocycles. The molecular weight excluding hydrogens is 631 g/mol. The molecule has 2 aliphatic rings. The smallest absolute Gasteiger partial charge is 0.350 e. The Kier molecular flexibility index (Phi) is 13.5. The summed E-state index contributed by atoms with van der Waals surface area (Å²) in [6, 6.07) is 13.5. The summed E-state index contributed by atoms with van der Waals surface area (Å²) in [5.41, 5.74) is 1.33. The first-order chi connectivity index (χ1) is 22.1. The Labute approximate surface area is 276 Å². The SMILES string of the molecule is CCOP(=O)(O)C1CCCN1C(=O)CC(O)C(CC1CCCCC1)NC(=O)C(Cc1ccccc1)NC(=O)Nc1ccc(Cl)cc1. The fourth-order valence-corrected chi connectivity index (χ4v) is 8.16. The van der Waals surface area contributed by atoms with Gasteiger partial charge in [0.1, 0.15) is 11.8 Å². The molecule has 2 aromatic carbocycles. The minimum Gasteiger partial charge on any atom is -0.390 e. The summed E-state index contributed by atoms with van der Waals surface area (Å²) >= 11 is 5.96. The van der Waals surface area contributed by atoms with Gasteiger partial charge in [-0.2, -0.15) is 0 Å². The van der Waals surface area contributed by atoms with E-state index in [9.17, 15) is 28.9 Å². The lowest BCUT2D eigenvalue weighted by molar-refractivity contribution is -0.134. The predicted molar refractivity (Wildman–Crippen MR) is 177 cm³/mol. The summed E-state index contributed by atoms with van der Waals surface area (Å²) in [4.78, 5) is 52.1. The van der Waals surface area contributed by atoms with Crippen LogP contribution in [0.5, 0.6) is 0 Å². The topological polar surface area (TPSA) is 157 Å². The molecule has 0 radical (unpaired) electrons. The fraction of sp³-hybridized carbons (Fsp3) is 0.545. The van der Waals surface area contributed by atoms with E-state index in [-0.39, 0.29) is 25.4 Å². The maximum atomic E-state index is 13.9. The maximum Gasteiger partial charge on any atom is 0.350 e. The van der Waals surface area contributed by atoms with E-state index in [1.54, 1.807) is 31.2 Å². The van der Waals surface area contributed by atoms with Crippen molar-refractivity contribution in [1.29, 1.82) is 0 Å². The number of carbonyl (C=O) groups excluding carboxylic acids is 3. The van der Waals surface area contributed by atoms with Crippen LogP contribution in [-0.2, 0) is 25.1 Å². The quantitative estimate of drug-likeness (QED) is 0.167. The molecule has 1 aliphatic heterocycles. The summed E-state index contributed by atoms with van der Waals surface area (Å²) in [6.07, 6.45) is 5.15. The van der Waals surface area contributed by atoms with E-state index in [4.69, 9.17) is 16.1 Å². The normalized spacial score (nSPS) is 20.3. The Morgan fingerprint density at radius 3 is 2.37 bits per heavy atom. The molecule has 252 valence electrons. The third-order valence-corrected chi connectivity index (χ3v) is 10.9. The van der Waals surface area contributed by atoms with Gasteiger partial charge in [0.25, 0.3) is 0 Å². The Bertz CT molecular complexity index is 1340. The van der Waals surface area contributed by atoms with E-state index in [1.165, 1.54) is 4.90 Å². The average molecular weight is 677 g/mol. The zero-order chi connectivity index (χ0) is 33.1. The van der Waals surface area contributed by atoms with E-state index in [0.29, 0.717) is 36.5 Å². The molecule has 1 aliphatic carbocycles. The first-order valence-corrected chi connectivity index (χ1v) is 18.2. The molecule has 5 N–H and O–H groups in total. The van der Waals surface area contributed by atoms with Crippen molar-refractivity contribution in [1.82, 2.24) is 15.5 Å². The van der Waals surface area contributed by atoms with Crippen molar-refractivity contribution in [3.8, 4) is 0 Å². The first kappa shape index (κ1) is 35.9. The Balaban J connectivity index is 1.49. The number of likely N-dealkylation sites (tertiary alicyclic amines) is 1. The summed E-state index contributed by atoms with van der Waals surface area (Å²) in [7, 11) is -4.06. The van der Waals surface area contributed by atoms with Crippen LogP contribution in [0.25, 0.3) is 0 Å². The minimum absolute atomic E-state index is 0.0420. The molecule has 1 saturated heterocycles. The standard InChI is InChI=1S/C33H46ClN4O7P/c1-2-45-46(43,44)31-14-9-19-38(31)30(40)22-29(39)27(20-23-10-5-3-6-11-23)36-32(41)28(21-24-12-7-4-8-13-24)37-33(42)35-26-17-15-25(34)16-18-26/h4,7-8,12-13,15-18,23,27-29,31,39H,2-3,5-6,9-11,14,19-22H2,1H3,(H,36,41)(H,43,44)(H2,35,37,42). The molecule has 13 heteroatoms. The number of urea groups is 1. The summed E-state index contributed by atoms with van der Waals surface area (Å²) in [6.45, 7) is 1.95. The van der Waals surface area contributed by atoms with Crippen LogP contribution in [0.4, 0.5) is 10.5 Å². The highest BCUT2D eigenvalue weighted by Gasteiger charge is 2.43. The van der Waals surface area contributed by atoms with Crippen molar-refractivity contribution >= 4 is 42.7 Å². The number of hydrogen-bond donors (Lipinski definition) is 5. The molecule has 46 heavy (non-hydrogen) atoms. The highest BCUT2D eigenvalue weighted by molar-refractivity contribution is 7.53.